The first-order valence-electron chi connectivity index (χ1n) is 26.5. The molecule has 362 valence electrons. The largest absolute Gasteiger partial charge is 0.466 e. The van der Waals surface area contributed by atoms with E-state index in [1.807, 2.05) is 0 Å². The van der Waals surface area contributed by atoms with E-state index < -0.39 is 0 Å². The van der Waals surface area contributed by atoms with E-state index >= 15 is 0 Å². The Balaban J connectivity index is 4.14. The molecule has 7 nitrogen and oxygen atoms in total. The van der Waals surface area contributed by atoms with E-state index in [0.717, 1.165) is 135 Å². The lowest BCUT2D eigenvalue weighted by atomic mass is 9.92. The lowest BCUT2D eigenvalue weighted by molar-refractivity contribution is -0.144. The Labute approximate surface area is 384 Å². The van der Waals surface area contributed by atoms with Crippen molar-refractivity contribution in [3.8, 4) is 0 Å². The molecule has 2 N–H and O–H groups in total. The monoisotopic (exact) mass is 871 g/mol. The average molecular weight is 871 g/mol. The van der Waals surface area contributed by atoms with Crippen LogP contribution in [0.25, 0.3) is 0 Å². The zero-order chi connectivity index (χ0) is 45.2. The SMILES string of the molecule is CCCCC/C=C\C/C=C\CCCCCCCC(=O)OCCCCCC(O)C(CCCCOC(=O)CCCCCCC/C=C\C/C=C\CCCCC)CNCCCN(CC)CC. The molecule has 0 bridgehead atoms. The number of esters is 2. The molecule has 0 saturated carbocycles. The van der Waals surface area contributed by atoms with Gasteiger partial charge in [-0.05, 0) is 154 Å². The van der Waals surface area contributed by atoms with Crippen molar-refractivity contribution in [2.45, 2.75) is 239 Å². The van der Waals surface area contributed by atoms with Gasteiger partial charge in [-0.1, -0.05) is 147 Å². The van der Waals surface area contributed by atoms with Crippen molar-refractivity contribution in [1.29, 1.82) is 0 Å². The molecule has 0 heterocycles. The number of aliphatic hydroxyl groups is 1. The van der Waals surface area contributed by atoms with Gasteiger partial charge in [0.05, 0.1) is 19.3 Å². The van der Waals surface area contributed by atoms with E-state index in [-0.39, 0.29) is 24.0 Å². The summed E-state index contributed by atoms with van der Waals surface area (Å²) in [5, 5.41) is 14.8. The number of carbonyl (C=O) groups is 2. The first-order chi connectivity index (χ1) is 30.5. The fourth-order valence-electron chi connectivity index (χ4n) is 7.74. The summed E-state index contributed by atoms with van der Waals surface area (Å²) in [6.45, 7) is 14.9. The molecular formula is C55H102N2O5. The van der Waals surface area contributed by atoms with Gasteiger partial charge >= 0.3 is 11.9 Å². The minimum absolute atomic E-state index is 0.0740. The second-order valence-corrected chi connectivity index (χ2v) is 17.7. The predicted octanol–water partition coefficient (Wildman–Crippen LogP) is 14.7. The number of allylic oxidation sites excluding steroid dienone is 8. The van der Waals surface area contributed by atoms with Gasteiger partial charge in [0.25, 0.3) is 0 Å². The normalized spacial score (nSPS) is 13.1. The molecule has 2 unspecified atom stereocenters. The molecule has 0 aliphatic heterocycles. The summed E-state index contributed by atoms with van der Waals surface area (Å²) < 4.78 is 11.1. The van der Waals surface area contributed by atoms with Gasteiger partial charge in [0.15, 0.2) is 0 Å². The van der Waals surface area contributed by atoms with Crippen LogP contribution in [0.3, 0.4) is 0 Å². The maximum atomic E-state index is 12.3. The first kappa shape index (κ1) is 59.8. The van der Waals surface area contributed by atoms with Gasteiger partial charge in [0.1, 0.15) is 0 Å². The fraction of sp³-hybridized carbons (Fsp3) is 0.818. The van der Waals surface area contributed by atoms with Gasteiger partial charge in [-0.25, -0.2) is 0 Å². The third-order valence-electron chi connectivity index (χ3n) is 12.0. The Morgan fingerprint density at radius 1 is 0.500 bits per heavy atom. The number of unbranched alkanes of at least 4 members (excludes halogenated alkanes) is 19. The Kier molecular flexibility index (Phi) is 48.0. The molecule has 0 aliphatic rings. The fourth-order valence-corrected chi connectivity index (χ4v) is 7.74. The number of rotatable bonds is 48. The second kappa shape index (κ2) is 49.8. The summed E-state index contributed by atoms with van der Waals surface area (Å²) in [5.74, 6) is 0.0258. The topological polar surface area (TPSA) is 88.1 Å². The maximum absolute atomic E-state index is 12.3. The van der Waals surface area contributed by atoms with Gasteiger partial charge in [-0.15, -0.1) is 0 Å². The van der Waals surface area contributed by atoms with Gasteiger partial charge in [0, 0.05) is 19.4 Å². The minimum atomic E-state index is -0.369. The number of ether oxygens (including phenoxy) is 2. The van der Waals surface area contributed by atoms with Crippen LogP contribution in [-0.2, 0) is 19.1 Å². The summed E-state index contributed by atoms with van der Waals surface area (Å²) in [6, 6.07) is 0. The molecule has 0 rings (SSSR count). The van der Waals surface area contributed by atoms with Crippen molar-refractivity contribution in [1.82, 2.24) is 10.2 Å². The zero-order valence-corrected chi connectivity index (χ0v) is 41.4. The van der Waals surface area contributed by atoms with Crippen LogP contribution in [0.4, 0.5) is 0 Å². The Bertz CT molecular complexity index is 1070. The van der Waals surface area contributed by atoms with Crippen molar-refractivity contribution < 1.29 is 24.2 Å². The molecular weight excluding hydrogens is 769 g/mol. The summed E-state index contributed by atoms with van der Waals surface area (Å²) in [7, 11) is 0. The van der Waals surface area contributed by atoms with Gasteiger partial charge in [-0.3, -0.25) is 9.59 Å². The molecule has 0 aromatic carbocycles. The lowest BCUT2D eigenvalue weighted by Gasteiger charge is -2.24. The van der Waals surface area contributed by atoms with Crippen LogP contribution in [-0.4, -0.2) is 74.0 Å². The molecule has 2 atom stereocenters. The quantitative estimate of drug-likeness (QED) is 0.0358. The highest BCUT2D eigenvalue weighted by Gasteiger charge is 2.19. The first-order valence-corrected chi connectivity index (χ1v) is 26.5. The molecule has 0 aliphatic carbocycles. The molecule has 7 heteroatoms. The molecule has 0 saturated heterocycles. The number of hydrogen-bond donors (Lipinski definition) is 2. The van der Waals surface area contributed by atoms with E-state index in [9.17, 15) is 14.7 Å². The number of aliphatic hydroxyl groups excluding tert-OH is 1. The minimum Gasteiger partial charge on any atom is -0.466 e. The summed E-state index contributed by atoms with van der Waals surface area (Å²) in [6.07, 6.45) is 52.2. The van der Waals surface area contributed by atoms with Gasteiger partial charge in [0.2, 0.25) is 0 Å². The maximum Gasteiger partial charge on any atom is 0.305 e. The second-order valence-electron chi connectivity index (χ2n) is 17.7. The summed E-state index contributed by atoms with van der Waals surface area (Å²) in [5.41, 5.74) is 0. The van der Waals surface area contributed by atoms with Gasteiger partial charge < -0.3 is 24.8 Å². The standard InChI is InChI=1S/C55H102N2O5/c1-5-9-11-13-15-17-19-21-23-25-27-29-31-33-37-45-54(59)61-49-40-35-36-44-53(58)52(51-56-47-42-48-57(7-3)8-4)43-39-41-50-62-55(60)46-38-34-32-30-28-26-24-22-20-18-16-14-12-10-6-2/h15-18,21-24,52-53,56,58H,5-14,19-20,25-51H2,1-4H3/b17-15-,18-16-,23-21-,24-22-. The Hall–Kier alpha value is -2.22. The third kappa shape index (κ3) is 44.4. The molecule has 0 aromatic heterocycles. The van der Waals surface area contributed by atoms with Crippen LogP contribution in [0.2, 0.25) is 0 Å². The van der Waals surface area contributed by atoms with Crippen molar-refractivity contribution in [3.05, 3.63) is 48.6 Å². The van der Waals surface area contributed by atoms with Crippen molar-refractivity contribution in [2.24, 2.45) is 5.92 Å². The average Bonchev–Trinajstić information content (AvgIpc) is 3.27. The van der Waals surface area contributed by atoms with E-state index in [1.165, 1.54) is 89.9 Å². The van der Waals surface area contributed by atoms with Crippen LogP contribution < -0.4 is 5.32 Å². The smallest absolute Gasteiger partial charge is 0.305 e. The van der Waals surface area contributed by atoms with Crippen molar-refractivity contribution in [3.63, 3.8) is 0 Å². The third-order valence-corrected chi connectivity index (χ3v) is 12.0. The number of hydrogen-bond acceptors (Lipinski definition) is 7. The van der Waals surface area contributed by atoms with Crippen LogP contribution in [0, 0.1) is 5.92 Å². The van der Waals surface area contributed by atoms with E-state index in [4.69, 9.17) is 9.47 Å². The molecule has 0 radical (unpaired) electrons. The van der Waals surface area contributed by atoms with E-state index in [2.05, 4.69) is 86.5 Å². The Morgan fingerprint density at radius 2 is 0.919 bits per heavy atom. The van der Waals surface area contributed by atoms with Gasteiger partial charge in [-0.2, -0.15) is 0 Å². The van der Waals surface area contributed by atoms with Crippen LogP contribution >= 0.6 is 0 Å². The summed E-state index contributed by atoms with van der Waals surface area (Å²) in [4.78, 5) is 27.0. The van der Waals surface area contributed by atoms with E-state index in [1.54, 1.807) is 0 Å². The van der Waals surface area contributed by atoms with Crippen molar-refractivity contribution >= 4 is 11.9 Å². The highest BCUT2D eigenvalue weighted by Crippen LogP contribution is 2.19. The predicted molar refractivity (Wildman–Crippen MR) is 268 cm³/mol. The van der Waals surface area contributed by atoms with Crippen LogP contribution in [0.1, 0.15) is 233 Å². The highest BCUT2D eigenvalue weighted by atomic mass is 16.5. The molecule has 0 amide bonds. The number of carbonyl (C=O) groups excluding carboxylic acids is 2. The lowest BCUT2D eigenvalue weighted by Crippen LogP contribution is -2.33. The molecule has 0 aromatic rings. The summed E-state index contributed by atoms with van der Waals surface area (Å²) >= 11 is 0. The van der Waals surface area contributed by atoms with Crippen molar-refractivity contribution in [2.75, 3.05) is 45.9 Å². The van der Waals surface area contributed by atoms with Crippen LogP contribution in [0.5, 0.6) is 0 Å². The Morgan fingerprint density at radius 3 is 1.40 bits per heavy atom. The van der Waals surface area contributed by atoms with E-state index in [0.29, 0.717) is 26.1 Å². The molecule has 0 fully saturated rings. The molecule has 0 spiro atoms. The number of nitrogens with zero attached hydrogens (tertiary/aromatic N) is 1. The zero-order valence-electron chi connectivity index (χ0n) is 41.4. The number of nitrogens with one attached hydrogen (secondary N) is 1. The van der Waals surface area contributed by atoms with Crippen LogP contribution in [0.15, 0.2) is 48.6 Å². The highest BCUT2D eigenvalue weighted by molar-refractivity contribution is 5.69. The molecule has 62 heavy (non-hydrogen) atoms.